The third-order valence-electron chi connectivity index (χ3n) is 0.417. The van der Waals surface area contributed by atoms with Crippen molar-refractivity contribution >= 4 is 24.8 Å². The Bertz CT molecular complexity index is 35.2. The molecule has 0 N–H and O–H groups in total. The average molecular weight is 194 g/mol. The fourth-order valence-electron chi connectivity index (χ4n) is 0.167. The summed E-state index contributed by atoms with van der Waals surface area (Å²) in [7, 11) is 0. The summed E-state index contributed by atoms with van der Waals surface area (Å²) in [5.74, 6) is 0.676. The number of rotatable bonds is 2. The van der Waals surface area contributed by atoms with E-state index < -0.39 is 0 Å². The summed E-state index contributed by atoms with van der Waals surface area (Å²) in [5.41, 5.74) is 0. The summed E-state index contributed by atoms with van der Waals surface area (Å²) < 4.78 is 4.80. The standard InChI is InChI=1S/C4H9O.2ClH.Ti/c1-4(2)3-5;;;/h4H,3H2,1-2H3;2*1H;/q-1;;;+1. The van der Waals surface area contributed by atoms with Gasteiger partial charge in [0.25, 0.3) is 0 Å². The zero-order valence-electron chi connectivity index (χ0n) is 5.01. The average Bonchev–Trinajstić information content (AvgIpc) is 1.35. The second-order valence-corrected chi connectivity index (χ2v) is 2.16. The predicted molar refractivity (Wildman–Crippen MR) is 35.3 cm³/mol. The van der Waals surface area contributed by atoms with Crippen molar-refractivity contribution in [2.45, 2.75) is 13.8 Å². The van der Waals surface area contributed by atoms with Crippen LogP contribution in [0.4, 0.5) is 0 Å². The van der Waals surface area contributed by atoms with Crippen molar-refractivity contribution in [1.29, 1.82) is 0 Å². The van der Waals surface area contributed by atoms with Crippen molar-refractivity contribution in [2.24, 2.45) is 5.92 Å². The Hall–Kier alpha value is 1.25. The summed E-state index contributed by atoms with van der Waals surface area (Å²) in [6.07, 6.45) is 0. The molecule has 0 atom stereocenters. The molecule has 0 saturated carbocycles. The van der Waals surface area contributed by atoms with Gasteiger partial charge in [-0.3, -0.25) is 0 Å². The van der Waals surface area contributed by atoms with Crippen molar-refractivity contribution in [1.82, 2.24) is 0 Å². The molecule has 51 valence electrons. The minimum Gasteiger partial charge on any atom is -0.147 e. The minimum atomic E-state index is 0. The van der Waals surface area contributed by atoms with Gasteiger partial charge in [-0.2, -0.15) is 0 Å². The van der Waals surface area contributed by atoms with Crippen LogP contribution in [0.1, 0.15) is 13.8 Å². The maximum Gasteiger partial charge on any atom is -0.147 e. The molecule has 1 nitrogen and oxygen atoms in total. The van der Waals surface area contributed by atoms with Crippen molar-refractivity contribution in [3.63, 3.8) is 0 Å². The van der Waals surface area contributed by atoms with E-state index in [4.69, 9.17) is 3.32 Å². The van der Waals surface area contributed by atoms with Crippen LogP contribution >= 0.6 is 24.8 Å². The Balaban J connectivity index is -0.000000125. The van der Waals surface area contributed by atoms with Crippen LogP contribution in [-0.2, 0) is 24.1 Å². The molecule has 0 rings (SSSR count). The van der Waals surface area contributed by atoms with E-state index >= 15 is 0 Å². The summed E-state index contributed by atoms with van der Waals surface area (Å²) in [6, 6.07) is 0. The van der Waals surface area contributed by atoms with Crippen LogP contribution in [0.3, 0.4) is 0 Å². The molecular weight excluding hydrogens is 183 g/mol. The molecule has 0 fully saturated rings. The number of hydrogen-bond donors (Lipinski definition) is 0. The first-order chi connectivity index (χ1) is 2.77. The summed E-state index contributed by atoms with van der Waals surface area (Å²) in [6.45, 7) is 5.13. The fraction of sp³-hybridized carbons (Fsp3) is 1.00. The summed E-state index contributed by atoms with van der Waals surface area (Å²) >= 11 is 1.72. The SMILES string of the molecule is CC(C)C[O][Ti].Cl.Cl. The van der Waals surface area contributed by atoms with Crippen molar-refractivity contribution < 1.29 is 24.1 Å². The van der Waals surface area contributed by atoms with Crippen LogP contribution in [0.25, 0.3) is 0 Å². The van der Waals surface area contributed by atoms with Gasteiger partial charge in [0.05, 0.1) is 0 Å². The van der Waals surface area contributed by atoms with Gasteiger partial charge >= 0.3 is 50.5 Å². The molecule has 4 heteroatoms. The topological polar surface area (TPSA) is 9.23 Å². The molecule has 0 radical (unpaired) electrons. The van der Waals surface area contributed by atoms with Gasteiger partial charge in [0.15, 0.2) is 0 Å². The maximum atomic E-state index is 4.80. The Morgan fingerprint density at radius 2 is 1.75 bits per heavy atom. The van der Waals surface area contributed by atoms with E-state index in [1.165, 1.54) is 0 Å². The minimum absolute atomic E-state index is 0. The Morgan fingerprint density at radius 3 is 1.75 bits per heavy atom. The van der Waals surface area contributed by atoms with Crippen molar-refractivity contribution in [3.8, 4) is 0 Å². The molecule has 0 amide bonds. The van der Waals surface area contributed by atoms with Crippen LogP contribution in [0.2, 0.25) is 0 Å². The monoisotopic (exact) mass is 193 g/mol. The molecule has 0 aromatic carbocycles. The molecule has 0 bridgehead atoms. The zero-order chi connectivity index (χ0) is 4.99. The number of halogens is 2. The van der Waals surface area contributed by atoms with Gasteiger partial charge in [0, 0.05) is 0 Å². The Labute approximate surface area is 75.3 Å². The van der Waals surface area contributed by atoms with Gasteiger partial charge in [-0.1, -0.05) is 0 Å². The quantitative estimate of drug-likeness (QED) is 0.610. The summed E-state index contributed by atoms with van der Waals surface area (Å²) in [5, 5.41) is 0. The van der Waals surface area contributed by atoms with Gasteiger partial charge < -0.3 is 0 Å². The molecule has 0 unspecified atom stereocenters. The zero-order valence-corrected chi connectivity index (χ0v) is 8.20. The van der Waals surface area contributed by atoms with E-state index in [1.807, 2.05) is 0 Å². The third-order valence-corrected chi connectivity index (χ3v) is 0.677. The first kappa shape index (κ1) is 16.1. The predicted octanol–water partition coefficient (Wildman–Crippen LogP) is 1.96. The molecule has 0 spiro atoms. The second kappa shape index (κ2) is 11.1. The van der Waals surface area contributed by atoms with E-state index in [1.54, 1.807) is 20.8 Å². The first-order valence-electron chi connectivity index (χ1n) is 2.06. The van der Waals surface area contributed by atoms with Gasteiger partial charge in [0.2, 0.25) is 0 Å². The van der Waals surface area contributed by atoms with Crippen LogP contribution in [-0.4, -0.2) is 6.61 Å². The largest absolute Gasteiger partial charge is 0.147 e. The Kier molecular flexibility index (Phi) is 22.4. The molecule has 0 aliphatic rings. The van der Waals surface area contributed by atoms with Gasteiger partial charge in [-0.25, -0.2) is 0 Å². The van der Waals surface area contributed by atoms with Gasteiger partial charge in [0.1, 0.15) is 0 Å². The molecule has 0 aromatic rings. The molecule has 0 aliphatic heterocycles. The molecule has 0 heterocycles. The van der Waals surface area contributed by atoms with E-state index in [9.17, 15) is 0 Å². The van der Waals surface area contributed by atoms with E-state index in [-0.39, 0.29) is 24.8 Å². The summed E-state index contributed by atoms with van der Waals surface area (Å²) in [4.78, 5) is 0. The van der Waals surface area contributed by atoms with Crippen LogP contribution in [0, 0.1) is 5.92 Å². The Morgan fingerprint density at radius 1 is 1.38 bits per heavy atom. The van der Waals surface area contributed by atoms with Gasteiger partial charge in [-0.05, 0) is 0 Å². The molecule has 8 heavy (non-hydrogen) atoms. The van der Waals surface area contributed by atoms with Gasteiger partial charge in [-0.15, -0.1) is 24.8 Å². The molecule has 0 saturated heterocycles. The molecular formula is C4H11Cl2OTi. The normalized spacial score (nSPS) is 7.25. The van der Waals surface area contributed by atoms with E-state index in [0.717, 1.165) is 6.61 Å². The molecule has 0 aliphatic carbocycles. The maximum absolute atomic E-state index is 4.80. The fourth-order valence-corrected chi connectivity index (χ4v) is 0.687. The third kappa shape index (κ3) is 15.7. The van der Waals surface area contributed by atoms with Crippen LogP contribution < -0.4 is 0 Å². The van der Waals surface area contributed by atoms with Crippen LogP contribution in [0.15, 0.2) is 0 Å². The van der Waals surface area contributed by atoms with E-state index in [2.05, 4.69) is 13.8 Å². The van der Waals surface area contributed by atoms with E-state index in [0.29, 0.717) is 5.92 Å². The van der Waals surface area contributed by atoms with Crippen LogP contribution in [0.5, 0.6) is 0 Å². The second-order valence-electron chi connectivity index (χ2n) is 1.70. The smallest absolute Gasteiger partial charge is 0.147 e. The van der Waals surface area contributed by atoms with Crippen molar-refractivity contribution in [3.05, 3.63) is 0 Å². The van der Waals surface area contributed by atoms with Crippen molar-refractivity contribution in [2.75, 3.05) is 6.61 Å². The number of hydrogen-bond acceptors (Lipinski definition) is 1. The molecule has 0 aromatic heterocycles. The first-order valence-corrected chi connectivity index (χ1v) is 2.69.